The lowest BCUT2D eigenvalue weighted by Crippen LogP contribution is -2.52. The lowest BCUT2D eigenvalue weighted by atomic mass is 9.71. The minimum Gasteiger partial charge on any atom is -0.481 e. The van der Waals surface area contributed by atoms with E-state index in [1.165, 1.54) is 18.2 Å². The molecule has 1 heterocycles. The Morgan fingerprint density at radius 1 is 1.18 bits per heavy atom. The Morgan fingerprint density at radius 2 is 1.88 bits per heavy atom. The number of carboxylic acid groups (broad SMARTS) is 1. The molecule has 1 aliphatic heterocycles. The Hall–Kier alpha value is -3.40. The number of ketones is 1. The summed E-state index contributed by atoms with van der Waals surface area (Å²) in [5.41, 5.74) is -0.842. The fraction of sp³-hybridized carbons (Fsp3) is 0.348. The first-order valence-corrected chi connectivity index (χ1v) is 12.1. The van der Waals surface area contributed by atoms with Crippen LogP contribution in [0.4, 0.5) is 5.69 Å². The molecule has 0 amide bonds. The third-order valence-corrected chi connectivity index (χ3v) is 6.57. The van der Waals surface area contributed by atoms with E-state index in [1.54, 1.807) is 18.2 Å². The van der Waals surface area contributed by atoms with Gasteiger partial charge in [-0.15, -0.1) is 0 Å². The number of esters is 1. The fourth-order valence-electron chi connectivity index (χ4n) is 4.76. The zero-order valence-electron chi connectivity index (χ0n) is 18.5. The molecular weight excluding hydrogens is 450 g/mol. The summed E-state index contributed by atoms with van der Waals surface area (Å²) in [6.07, 6.45) is 0.195. The van der Waals surface area contributed by atoms with Gasteiger partial charge in [0.2, 0.25) is 10.0 Å². The van der Waals surface area contributed by atoms with Crippen LogP contribution in [0.15, 0.2) is 36.4 Å². The molecule has 33 heavy (non-hydrogen) atoms. The van der Waals surface area contributed by atoms with Gasteiger partial charge in [0.25, 0.3) is 5.79 Å². The first-order chi connectivity index (χ1) is 15.3. The SMILES string of the molecule is CC(=O)OC12Oc3cc(C(C)C)ccc3C1(CC(=O)O)C(=O)c1c(NS(C)(=O)=O)cccc12. The summed E-state index contributed by atoms with van der Waals surface area (Å²) in [6, 6.07) is 9.44. The normalized spacial score (nSPS) is 22.9. The van der Waals surface area contributed by atoms with E-state index in [2.05, 4.69) is 4.72 Å². The van der Waals surface area contributed by atoms with Gasteiger partial charge in [0.1, 0.15) is 5.75 Å². The molecule has 2 aliphatic rings. The van der Waals surface area contributed by atoms with Crippen LogP contribution in [0.2, 0.25) is 0 Å². The summed E-state index contributed by atoms with van der Waals surface area (Å²) < 4.78 is 38.0. The zero-order chi connectivity index (χ0) is 24.3. The van der Waals surface area contributed by atoms with Crippen molar-refractivity contribution in [2.75, 3.05) is 11.0 Å². The van der Waals surface area contributed by atoms with E-state index in [0.29, 0.717) is 0 Å². The highest BCUT2D eigenvalue weighted by atomic mass is 32.2. The molecule has 0 saturated heterocycles. The number of carbonyl (C=O) groups is 3. The minimum absolute atomic E-state index is 0.0466. The van der Waals surface area contributed by atoms with Gasteiger partial charge >= 0.3 is 11.9 Å². The molecular formula is C23H23NO8S. The van der Waals surface area contributed by atoms with Crippen molar-refractivity contribution in [1.29, 1.82) is 0 Å². The number of hydrogen-bond acceptors (Lipinski definition) is 7. The highest BCUT2D eigenvalue weighted by Crippen LogP contribution is 2.64. The third kappa shape index (κ3) is 3.28. The summed E-state index contributed by atoms with van der Waals surface area (Å²) >= 11 is 0. The number of Topliss-reactive ketones (excluding diaryl/α,β-unsaturated/α-hetero) is 1. The summed E-state index contributed by atoms with van der Waals surface area (Å²) in [4.78, 5) is 38.3. The fourth-order valence-corrected chi connectivity index (χ4v) is 5.33. The molecule has 0 radical (unpaired) electrons. The molecule has 2 atom stereocenters. The van der Waals surface area contributed by atoms with E-state index in [4.69, 9.17) is 9.47 Å². The Balaban J connectivity index is 2.08. The predicted molar refractivity (Wildman–Crippen MR) is 118 cm³/mol. The number of hydrogen-bond donors (Lipinski definition) is 2. The number of sulfonamides is 1. The van der Waals surface area contributed by atoms with Crippen LogP contribution in [0.1, 0.15) is 60.2 Å². The van der Waals surface area contributed by atoms with Crippen LogP contribution >= 0.6 is 0 Å². The van der Waals surface area contributed by atoms with Gasteiger partial charge in [-0.05, 0) is 23.6 Å². The maximum Gasteiger partial charge on any atom is 0.306 e. The van der Waals surface area contributed by atoms with Crippen molar-refractivity contribution in [3.05, 3.63) is 58.7 Å². The number of rotatable bonds is 6. The number of ether oxygens (including phenoxy) is 2. The van der Waals surface area contributed by atoms with Crippen molar-refractivity contribution in [3.8, 4) is 5.75 Å². The first kappa shape index (κ1) is 22.8. The molecule has 0 aromatic heterocycles. The summed E-state index contributed by atoms with van der Waals surface area (Å²) in [6.45, 7) is 5.07. The monoisotopic (exact) mass is 473 g/mol. The lowest BCUT2D eigenvalue weighted by molar-refractivity contribution is -0.212. The highest BCUT2D eigenvalue weighted by molar-refractivity contribution is 7.92. The summed E-state index contributed by atoms with van der Waals surface area (Å²) in [7, 11) is -3.77. The Labute approximate surface area is 190 Å². The van der Waals surface area contributed by atoms with Gasteiger partial charge in [0.05, 0.1) is 29.5 Å². The third-order valence-electron chi connectivity index (χ3n) is 5.98. The van der Waals surface area contributed by atoms with Crippen molar-refractivity contribution in [2.45, 2.75) is 44.3 Å². The Kier molecular flexibility index (Phi) is 5.05. The molecule has 174 valence electrons. The quantitative estimate of drug-likeness (QED) is 0.611. The molecule has 2 aromatic rings. The number of fused-ring (bicyclic) bond motifs is 5. The molecule has 2 aromatic carbocycles. The van der Waals surface area contributed by atoms with Crippen molar-refractivity contribution in [2.24, 2.45) is 0 Å². The molecule has 0 saturated carbocycles. The predicted octanol–water partition coefficient (Wildman–Crippen LogP) is 2.90. The van der Waals surface area contributed by atoms with Crippen molar-refractivity contribution in [1.82, 2.24) is 0 Å². The number of carbonyl (C=O) groups excluding carboxylic acids is 2. The second-order valence-corrected chi connectivity index (χ2v) is 10.4. The van der Waals surface area contributed by atoms with E-state index in [1.807, 2.05) is 13.8 Å². The average Bonchev–Trinajstić information content (AvgIpc) is 3.04. The number of benzene rings is 2. The van der Waals surface area contributed by atoms with E-state index >= 15 is 0 Å². The van der Waals surface area contributed by atoms with E-state index < -0.39 is 45.4 Å². The molecule has 4 rings (SSSR count). The van der Waals surface area contributed by atoms with Gasteiger partial charge in [0.15, 0.2) is 11.2 Å². The topological polar surface area (TPSA) is 136 Å². The summed E-state index contributed by atoms with van der Waals surface area (Å²) in [5, 5.41) is 9.83. The van der Waals surface area contributed by atoms with Gasteiger partial charge in [0, 0.05) is 12.5 Å². The van der Waals surface area contributed by atoms with Gasteiger partial charge in [-0.25, -0.2) is 8.42 Å². The second kappa shape index (κ2) is 7.31. The van der Waals surface area contributed by atoms with Crippen LogP contribution in [0.25, 0.3) is 0 Å². The number of carboxylic acids is 1. The highest BCUT2D eigenvalue weighted by Gasteiger charge is 2.74. The first-order valence-electron chi connectivity index (χ1n) is 10.2. The zero-order valence-corrected chi connectivity index (χ0v) is 19.3. The summed E-state index contributed by atoms with van der Waals surface area (Å²) in [5.74, 6) is -4.55. The standard InChI is InChI=1S/C23H23NO8S/c1-12(2)14-8-9-15-18(10-14)32-23(31-13(3)25)16-6-5-7-17(24-33(4,29)30)20(16)21(28)22(15,23)11-19(26)27/h5-10,12,24H,11H2,1-4H3,(H,26,27). The van der Waals surface area contributed by atoms with Crippen LogP contribution < -0.4 is 9.46 Å². The van der Waals surface area contributed by atoms with Crippen molar-refractivity contribution < 1.29 is 37.4 Å². The van der Waals surface area contributed by atoms with Crippen LogP contribution in [-0.2, 0) is 35.6 Å². The van der Waals surface area contributed by atoms with Crippen LogP contribution in [0, 0.1) is 0 Å². The molecule has 0 fully saturated rings. The molecule has 2 unspecified atom stereocenters. The molecule has 0 spiro atoms. The number of nitrogens with one attached hydrogen (secondary N) is 1. The molecule has 10 heteroatoms. The average molecular weight is 474 g/mol. The van der Waals surface area contributed by atoms with Crippen LogP contribution in [-0.4, -0.2) is 37.5 Å². The molecule has 9 nitrogen and oxygen atoms in total. The molecule has 2 N–H and O–H groups in total. The van der Waals surface area contributed by atoms with Gasteiger partial charge in [-0.3, -0.25) is 19.1 Å². The van der Waals surface area contributed by atoms with Gasteiger partial charge < -0.3 is 14.6 Å². The van der Waals surface area contributed by atoms with Gasteiger partial charge in [-0.1, -0.05) is 38.1 Å². The van der Waals surface area contributed by atoms with Gasteiger partial charge in [-0.2, -0.15) is 0 Å². The van der Waals surface area contributed by atoms with Crippen molar-refractivity contribution >= 4 is 33.4 Å². The Bertz CT molecular complexity index is 1320. The number of aliphatic carboxylic acids is 1. The van der Waals surface area contributed by atoms with E-state index in [0.717, 1.165) is 18.7 Å². The van der Waals surface area contributed by atoms with E-state index in [-0.39, 0.29) is 34.0 Å². The number of anilines is 1. The lowest BCUT2D eigenvalue weighted by Gasteiger charge is -2.36. The Morgan fingerprint density at radius 3 is 2.45 bits per heavy atom. The smallest absolute Gasteiger partial charge is 0.306 e. The van der Waals surface area contributed by atoms with Crippen LogP contribution in [0.5, 0.6) is 5.75 Å². The molecule has 0 bridgehead atoms. The largest absolute Gasteiger partial charge is 0.481 e. The maximum absolute atomic E-state index is 14.0. The maximum atomic E-state index is 14.0. The second-order valence-electron chi connectivity index (χ2n) is 8.63. The van der Waals surface area contributed by atoms with E-state index in [9.17, 15) is 27.9 Å². The van der Waals surface area contributed by atoms with Crippen LogP contribution in [0.3, 0.4) is 0 Å². The minimum atomic E-state index is -3.77. The van der Waals surface area contributed by atoms with Crippen molar-refractivity contribution in [3.63, 3.8) is 0 Å². The molecule has 1 aliphatic carbocycles.